The molecule has 0 spiro atoms. The summed E-state index contributed by atoms with van der Waals surface area (Å²) in [6.07, 6.45) is 8.15. The van der Waals surface area contributed by atoms with Gasteiger partial charge in [-0.2, -0.15) is 0 Å². The Hall–Kier alpha value is -0.203. The Balaban J connectivity index is 2.45. The lowest BCUT2D eigenvalue weighted by molar-refractivity contribution is -0.150. The van der Waals surface area contributed by atoms with Crippen LogP contribution in [-0.2, 0) is 13.9 Å². The zero-order valence-corrected chi connectivity index (χ0v) is 19.3. The summed E-state index contributed by atoms with van der Waals surface area (Å²) in [6, 6.07) is 0. The average Bonchev–Trinajstić information content (AvgIpc) is 2.82. The number of ether oxygens (including phenoxy) is 2. The summed E-state index contributed by atoms with van der Waals surface area (Å²) < 4.78 is 18.4. The molecule has 0 amide bonds. The van der Waals surface area contributed by atoms with Crippen molar-refractivity contribution in [2.45, 2.75) is 103 Å². The van der Waals surface area contributed by atoms with Gasteiger partial charge in [-0.15, -0.1) is 0 Å². The first-order valence-electron chi connectivity index (χ1n) is 10.1. The first kappa shape index (κ1) is 23.8. The highest BCUT2D eigenvalue weighted by Crippen LogP contribution is 2.37. The van der Waals surface area contributed by atoms with E-state index >= 15 is 0 Å². The van der Waals surface area contributed by atoms with Gasteiger partial charge in [-0.3, -0.25) is 0 Å². The molecule has 3 atom stereocenters. The summed E-state index contributed by atoms with van der Waals surface area (Å²) in [5, 5.41) is 9.32. The molecule has 1 N–H and O–H groups in total. The predicted octanol–water partition coefficient (Wildman–Crippen LogP) is 5.27. The lowest BCUT2D eigenvalue weighted by Crippen LogP contribution is -2.40. The molecule has 1 heterocycles. The second-order valence-electron chi connectivity index (χ2n) is 9.59. The van der Waals surface area contributed by atoms with Crippen molar-refractivity contribution in [3.63, 3.8) is 0 Å². The van der Waals surface area contributed by atoms with Crippen molar-refractivity contribution in [1.82, 2.24) is 0 Å². The van der Waals surface area contributed by atoms with Crippen molar-refractivity contribution in [1.29, 1.82) is 0 Å². The summed E-state index contributed by atoms with van der Waals surface area (Å²) in [5.74, 6) is -0.147. The Bertz CT molecular complexity index is 440. The second kappa shape index (κ2) is 9.83. The molecule has 154 valence electrons. The Morgan fingerprint density at radius 2 is 1.85 bits per heavy atom. The van der Waals surface area contributed by atoms with E-state index in [4.69, 9.17) is 19.0 Å². The Kier molecular flexibility index (Phi) is 9.01. The van der Waals surface area contributed by atoms with Gasteiger partial charge in [-0.25, -0.2) is 0 Å². The van der Waals surface area contributed by atoms with Gasteiger partial charge in [-0.1, -0.05) is 39.8 Å². The monoisotopic (exact) mass is 386 g/mol. The fourth-order valence-electron chi connectivity index (χ4n) is 3.05. The molecule has 0 aromatic rings. The zero-order valence-electron chi connectivity index (χ0n) is 18.3. The number of aliphatic hydroxyl groups excluding tert-OH is 1. The van der Waals surface area contributed by atoms with E-state index < -0.39 is 14.1 Å². The maximum atomic E-state index is 9.07. The van der Waals surface area contributed by atoms with Gasteiger partial charge >= 0.3 is 0 Å². The van der Waals surface area contributed by atoms with E-state index in [-0.39, 0.29) is 23.9 Å². The van der Waals surface area contributed by atoms with E-state index in [1.165, 1.54) is 0 Å². The van der Waals surface area contributed by atoms with Gasteiger partial charge in [0.05, 0.1) is 12.2 Å². The second-order valence-corrected chi connectivity index (χ2v) is 14.4. The van der Waals surface area contributed by atoms with Crippen LogP contribution in [0.1, 0.15) is 67.2 Å². The quantitative estimate of drug-likeness (QED) is 0.315. The molecule has 4 nitrogen and oxygen atoms in total. The molecule has 1 saturated heterocycles. The summed E-state index contributed by atoms with van der Waals surface area (Å²) >= 11 is 0. The van der Waals surface area contributed by atoms with E-state index in [1.54, 1.807) is 0 Å². The fourth-order valence-corrected chi connectivity index (χ4v) is 4.11. The van der Waals surface area contributed by atoms with Gasteiger partial charge in [0.1, 0.15) is 0 Å². The molecule has 1 fully saturated rings. The molecule has 0 aromatic heterocycles. The van der Waals surface area contributed by atoms with Crippen LogP contribution in [0.3, 0.4) is 0 Å². The standard InChI is InChI=1S/C21H42O4Si/c1-17(13-12-15-22)19-18(24-21(5,6)25-19)14-10-9-11-16-23-26(7,8)20(2,3)4/h9-10,17-19,22H,11-16H2,1-8H3/b10-9-/t17-,18-,19-/m1/s1. The first-order chi connectivity index (χ1) is 11.9. The molecule has 0 bridgehead atoms. The van der Waals surface area contributed by atoms with Crippen LogP contribution < -0.4 is 0 Å². The van der Waals surface area contributed by atoms with E-state index in [1.807, 2.05) is 13.8 Å². The van der Waals surface area contributed by atoms with E-state index in [0.29, 0.717) is 5.92 Å². The van der Waals surface area contributed by atoms with Crippen LogP contribution in [-0.4, -0.2) is 44.6 Å². The van der Waals surface area contributed by atoms with Crippen molar-refractivity contribution >= 4 is 8.32 Å². The van der Waals surface area contributed by atoms with Crippen molar-refractivity contribution in [2.24, 2.45) is 5.92 Å². The summed E-state index contributed by atoms with van der Waals surface area (Å²) in [5.41, 5.74) is 0. The molecule has 0 saturated carbocycles. The number of hydrogen-bond acceptors (Lipinski definition) is 4. The third-order valence-electron chi connectivity index (χ3n) is 5.69. The highest BCUT2D eigenvalue weighted by Gasteiger charge is 2.42. The Morgan fingerprint density at radius 1 is 1.19 bits per heavy atom. The van der Waals surface area contributed by atoms with Crippen LogP contribution in [0.4, 0.5) is 0 Å². The van der Waals surface area contributed by atoms with Gasteiger partial charge in [-0.05, 0) is 63.6 Å². The molecule has 1 rings (SSSR count). The topological polar surface area (TPSA) is 47.9 Å². The molecular formula is C21H42O4Si. The lowest BCUT2D eigenvalue weighted by atomic mass is 9.93. The van der Waals surface area contributed by atoms with E-state index in [9.17, 15) is 0 Å². The smallest absolute Gasteiger partial charge is 0.191 e. The minimum Gasteiger partial charge on any atom is -0.417 e. The number of rotatable bonds is 10. The van der Waals surface area contributed by atoms with Crippen molar-refractivity contribution < 1.29 is 19.0 Å². The minimum absolute atomic E-state index is 0.0799. The SMILES string of the molecule is C[C@H](CCCO)[C@H]1OC(C)(C)O[C@@H]1C/C=C\CCO[Si](C)(C)C(C)(C)C. The summed E-state index contributed by atoms with van der Waals surface area (Å²) in [6.45, 7) is 18.6. The third kappa shape index (κ3) is 7.43. The normalized spacial score (nSPS) is 25.1. The molecule has 1 aliphatic rings. The van der Waals surface area contributed by atoms with Gasteiger partial charge in [0.2, 0.25) is 0 Å². The number of hydrogen-bond donors (Lipinski definition) is 1. The summed E-state index contributed by atoms with van der Waals surface area (Å²) in [4.78, 5) is 0. The number of aliphatic hydroxyl groups is 1. The van der Waals surface area contributed by atoms with Gasteiger partial charge in [0, 0.05) is 13.2 Å². The van der Waals surface area contributed by atoms with Gasteiger partial charge < -0.3 is 19.0 Å². The Labute approximate surface area is 162 Å². The molecule has 1 aliphatic heterocycles. The van der Waals surface area contributed by atoms with Crippen molar-refractivity contribution in [2.75, 3.05) is 13.2 Å². The van der Waals surface area contributed by atoms with Crippen LogP contribution in [0.2, 0.25) is 18.1 Å². The van der Waals surface area contributed by atoms with Gasteiger partial charge in [0.15, 0.2) is 14.1 Å². The highest BCUT2D eigenvalue weighted by atomic mass is 28.4. The van der Waals surface area contributed by atoms with Crippen LogP contribution in [0.15, 0.2) is 12.2 Å². The van der Waals surface area contributed by atoms with E-state index in [2.05, 4.69) is 52.9 Å². The van der Waals surface area contributed by atoms with Crippen LogP contribution in [0, 0.1) is 5.92 Å². The molecule has 0 unspecified atom stereocenters. The van der Waals surface area contributed by atoms with Crippen LogP contribution in [0.5, 0.6) is 0 Å². The molecule has 0 aromatic carbocycles. The predicted molar refractivity (Wildman–Crippen MR) is 111 cm³/mol. The largest absolute Gasteiger partial charge is 0.417 e. The third-order valence-corrected chi connectivity index (χ3v) is 10.2. The fraction of sp³-hybridized carbons (Fsp3) is 0.905. The minimum atomic E-state index is -1.65. The molecule has 0 aliphatic carbocycles. The van der Waals surface area contributed by atoms with Gasteiger partial charge in [0.25, 0.3) is 0 Å². The molecule has 0 radical (unpaired) electrons. The molecule has 5 heteroatoms. The van der Waals surface area contributed by atoms with Crippen LogP contribution in [0.25, 0.3) is 0 Å². The Morgan fingerprint density at radius 3 is 2.42 bits per heavy atom. The summed E-state index contributed by atoms with van der Waals surface area (Å²) in [7, 11) is -1.65. The van der Waals surface area contributed by atoms with E-state index in [0.717, 1.165) is 32.3 Å². The maximum Gasteiger partial charge on any atom is 0.191 e. The van der Waals surface area contributed by atoms with Crippen molar-refractivity contribution in [3.8, 4) is 0 Å². The molecular weight excluding hydrogens is 344 g/mol. The molecule has 26 heavy (non-hydrogen) atoms. The zero-order chi connectivity index (χ0) is 20.0. The van der Waals surface area contributed by atoms with Crippen LogP contribution >= 0.6 is 0 Å². The first-order valence-corrected chi connectivity index (χ1v) is 13.1. The van der Waals surface area contributed by atoms with Crippen molar-refractivity contribution in [3.05, 3.63) is 12.2 Å². The highest BCUT2D eigenvalue weighted by molar-refractivity contribution is 6.74. The average molecular weight is 387 g/mol. The maximum absolute atomic E-state index is 9.07. The lowest BCUT2D eigenvalue weighted by Gasteiger charge is -2.36.